The van der Waals surface area contributed by atoms with Crippen molar-refractivity contribution >= 4 is 21.7 Å². The van der Waals surface area contributed by atoms with E-state index in [0.717, 1.165) is 0 Å². The van der Waals surface area contributed by atoms with Gasteiger partial charge in [-0.2, -0.15) is 4.80 Å². The Balaban J connectivity index is 1.50. The fourth-order valence-corrected chi connectivity index (χ4v) is 4.90. The summed E-state index contributed by atoms with van der Waals surface area (Å²) in [7, 11) is -3.14. The lowest BCUT2D eigenvalue weighted by molar-refractivity contribution is -0.135. The molecule has 0 N–H and O–H groups in total. The fourth-order valence-electron chi connectivity index (χ4n) is 2.88. The van der Waals surface area contributed by atoms with Gasteiger partial charge in [-0.25, -0.2) is 8.42 Å². The maximum Gasteiger partial charge on any atom is 0.266 e. The van der Waals surface area contributed by atoms with Gasteiger partial charge in [0.25, 0.3) is 5.95 Å². The van der Waals surface area contributed by atoms with Crippen molar-refractivity contribution in [2.24, 2.45) is 5.92 Å². The lowest BCUT2D eigenvalue weighted by Crippen LogP contribution is -2.58. The molecule has 1 aromatic heterocycles. The molecule has 2 aliphatic heterocycles. The molecule has 25 heavy (non-hydrogen) atoms. The molecule has 2 saturated heterocycles. The standard InChI is InChI=1S/C14H24N6O4S/c1-11(2)10-25(22,23)12-7-19(8-12)13(21)9-20-16-14(15-17-20)18-3-5-24-6-4-18/h11-12H,3-10H2,1-2H3. The molecule has 1 aromatic rings. The van der Waals surface area contributed by atoms with Crippen LogP contribution in [0.25, 0.3) is 0 Å². The van der Waals surface area contributed by atoms with Crippen LogP contribution in [0.3, 0.4) is 0 Å². The molecule has 0 aliphatic carbocycles. The molecule has 3 heterocycles. The first-order chi connectivity index (χ1) is 11.8. The van der Waals surface area contributed by atoms with Gasteiger partial charge in [-0.05, 0) is 11.1 Å². The van der Waals surface area contributed by atoms with Crippen LogP contribution in [0.2, 0.25) is 0 Å². The molecule has 2 aliphatic rings. The summed E-state index contributed by atoms with van der Waals surface area (Å²) < 4.78 is 29.5. The van der Waals surface area contributed by atoms with Gasteiger partial charge in [0.2, 0.25) is 5.91 Å². The first-order valence-corrected chi connectivity index (χ1v) is 10.2. The maximum atomic E-state index is 12.2. The number of tetrazole rings is 1. The van der Waals surface area contributed by atoms with Gasteiger partial charge in [-0.3, -0.25) is 4.79 Å². The van der Waals surface area contributed by atoms with E-state index in [0.29, 0.717) is 32.3 Å². The number of sulfone groups is 1. The Kier molecular flexibility index (Phi) is 5.23. The number of likely N-dealkylation sites (tertiary alicyclic amines) is 1. The molecular weight excluding hydrogens is 348 g/mol. The van der Waals surface area contributed by atoms with Crippen LogP contribution in [-0.4, -0.2) is 89.8 Å². The van der Waals surface area contributed by atoms with E-state index in [9.17, 15) is 13.2 Å². The highest BCUT2D eigenvalue weighted by Gasteiger charge is 2.39. The van der Waals surface area contributed by atoms with Crippen LogP contribution in [0.15, 0.2) is 0 Å². The second-order valence-electron chi connectivity index (χ2n) is 6.86. The number of aromatic nitrogens is 4. The van der Waals surface area contributed by atoms with Crippen molar-refractivity contribution in [1.29, 1.82) is 0 Å². The van der Waals surface area contributed by atoms with Crippen LogP contribution in [0.4, 0.5) is 5.95 Å². The average Bonchev–Trinajstić information content (AvgIpc) is 2.93. The second kappa shape index (κ2) is 7.24. The predicted molar refractivity (Wildman–Crippen MR) is 89.8 cm³/mol. The minimum atomic E-state index is -3.14. The Labute approximate surface area is 147 Å². The molecule has 0 unspecified atom stereocenters. The van der Waals surface area contributed by atoms with E-state index in [1.807, 2.05) is 18.7 Å². The summed E-state index contributed by atoms with van der Waals surface area (Å²) >= 11 is 0. The summed E-state index contributed by atoms with van der Waals surface area (Å²) in [6, 6.07) is 0. The molecule has 0 atom stereocenters. The Morgan fingerprint density at radius 3 is 2.60 bits per heavy atom. The van der Waals surface area contributed by atoms with E-state index in [2.05, 4.69) is 15.4 Å². The Bertz CT molecular complexity index is 707. The first kappa shape index (κ1) is 18.1. The number of amides is 1. The van der Waals surface area contributed by atoms with E-state index >= 15 is 0 Å². The van der Waals surface area contributed by atoms with Crippen molar-refractivity contribution in [3.63, 3.8) is 0 Å². The third-order valence-corrected chi connectivity index (χ3v) is 6.73. The third kappa shape index (κ3) is 4.27. The SMILES string of the molecule is CC(C)CS(=O)(=O)C1CN(C(=O)Cn2nnc(N3CCOCC3)n2)C1. The van der Waals surface area contributed by atoms with E-state index in [1.54, 1.807) is 0 Å². The van der Waals surface area contributed by atoms with E-state index in [1.165, 1.54) is 9.70 Å². The minimum Gasteiger partial charge on any atom is -0.378 e. The first-order valence-electron chi connectivity index (χ1n) is 8.45. The molecule has 0 aromatic carbocycles. The molecule has 10 nitrogen and oxygen atoms in total. The molecule has 140 valence electrons. The quantitative estimate of drug-likeness (QED) is 0.612. The van der Waals surface area contributed by atoms with Gasteiger partial charge in [0.15, 0.2) is 9.84 Å². The van der Waals surface area contributed by atoms with Gasteiger partial charge in [0, 0.05) is 26.2 Å². The number of hydrogen-bond acceptors (Lipinski definition) is 8. The van der Waals surface area contributed by atoms with Gasteiger partial charge in [0.1, 0.15) is 6.54 Å². The van der Waals surface area contributed by atoms with Gasteiger partial charge in [-0.1, -0.05) is 18.9 Å². The number of carbonyl (C=O) groups is 1. The van der Waals surface area contributed by atoms with Crippen molar-refractivity contribution < 1.29 is 17.9 Å². The topological polar surface area (TPSA) is 111 Å². The largest absolute Gasteiger partial charge is 0.378 e. The van der Waals surface area contributed by atoms with Crippen LogP contribution < -0.4 is 4.90 Å². The Morgan fingerprint density at radius 2 is 1.96 bits per heavy atom. The maximum absolute atomic E-state index is 12.2. The van der Waals surface area contributed by atoms with Crippen molar-refractivity contribution in [3.8, 4) is 0 Å². The number of morpholine rings is 1. The number of carbonyl (C=O) groups excluding carboxylic acids is 1. The lowest BCUT2D eigenvalue weighted by Gasteiger charge is -2.38. The van der Waals surface area contributed by atoms with Crippen molar-refractivity contribution in [2.45, 2.75) is 25.6 Å². The van der Waals surface area contributed by atoms with E-state index < -0.39 is 15.1 Å². The molecule has 1 amide bonds. The van der Waals surface area contributed by atoms with Crippen LogP contribution in [0.5, 0.6) is 0 Å². The lowest BCUT2D eigenvalue weighted by atomic mass is 10.2. The highest BCUT2D eigenvalue weighted by Crippen LogP contribution is 2.19. The van der Waals surface area contributed by atoms with Crippen molar-refractivity contribution in [2.75, 3.05) is 50.0 Å². The molecule has 11 heteroatoms. The zero-order chi connectivity index (χ0) is 18.0. The van der Waals surface area contributed by atoms with Crippen molar-refractivity contribution in [1.82, 2.24) is 25.1 Å². The van der Waals surface area contributed by atoms with Gasteiger partial charge in [-0.15, -0.1) is 5.10 Å². The van der Waals surface area contributed by atoms with Crippen LogP contribution in [-0.2, 0) is 25.9 Å². The van der Waals surface area contributed by atoms with Crippen molar-refractivity contribution in [3.05, 3.63) is 0 Å². The monoisotopic (exact) mass is 372 g/mol. The molecular formula is C14H24N6O4S. The number of ether oxygens (including phenoxy) is 1. The minimum absolute atomic E-state index is 0.0334. The zero-order valence-corrected chi connectivity index (χ0v) is 15.4. The normalized spacial score (nSPS) is 19.3. The van der Waals surface area contributed by atoms with E-state index in [4.69, 9.17) is 4.74 Å². The van der Waals surface area contributed by atoms with Gasteiger partial charge < -0.3 is 14.5 Å². The fraction of sp³-hybridized carbons (Fsp3) is 0.857. The van der Waals surface area contributed by atoms with E-state index in [-0.39, 0.29) is 37.2 Å². The van der Waals surface area contributed by atoms with Gasteiger partial charge in [0.05, 0.1) is 24.2 Å². The number of anilines is 1. The average molecular weight is 372 g/mol. The summed E-state index contributed by atoms with van der Waals surface area (Å²) in [5.41, 5.74) is 0. The second-order valence-corrected chi connectivity index (χ2v) is 9.19. The Hall–Kier alpha value is -1.75. The molecule has 2 fully saturated rings. The number of rotatable bonds is 6. The highest BCUT2D eigenvalue weighted by molar-refractivity contribution is 7.92. The number of nitrogens with zero attached hydrogens (tertiary/aromatic N) is 6. The van der Waals surface area contributed by atoms with Gasteiger partial charge >= 0.3 is 0 Å². The predicted octanol–water partition coefficient (Wildman–Crippen LogP) is -1.21. The summed E-state index contributed by atoms with van der Waals surface area (Å²) in [6.07, 6.45) is 0. The molecule has 3 rings (SSSR count). The molecule has 0 saturated carbocycles. The molecule has 0 radical (unpaired) electrons. The summed E-state index contributed by atoms with van der Waals surface area (Å²) in [5, 5.41) is 11.6. The Morgan fingerprint density at radius 1 is 1.28 bits per heavy atom. The van der Waals surface area contributed by atoms with Crippen LogP contribution in [0.1, 0.15) is 13.8 Å². The highest BCUT2D eigenvalue weighted by atomic mass is 32.2. The summed E-state index contributed by atoms with van der Waals surface area (Å²) in [5.74, 6) is 0.541. The molecule has 0 bridgehead atoms. The smallest absolute Gasteiger partial charge is 0.266 e. The zero-order valence-electron chi connectivity index (χ0n) is 14.5. The summed E-state index contributed by atoms with van der Waals surface area (Å²) in [6.45, 7) is 6.85. The number of hydrogen-bond donors (Lipinski definition) is 0. The van der Waals surface area contributed by atoms with Crippen LogP contribution in [0, 0.1) is 5.92 Å². The summed E-state index contributed by atoms with van der Waals surface area (Å²) in [4.78, 5) is 17.0. The third-order valence-electron chi connectivity index (χ3n) is 4.29. The van der Waals surface area contributed by atoms with Crippen LogP contribution >= 0.6 is 0 Å². The molecule has 0 spiro atoms.